The predicted octanol–water partition coefficient (Wildman–Crippen LogP) is 1.67. The van der Waals surface area contributed by atoms with E-state index in [0.717, 1.165) is 0 Å². The molecule has 4 nitrogen and oxygen atoms in total. The number of aromatic nitrogens is 1. The predicted molar refractivity (Wildman–Crippen MR) is 61.3 cm³/mol. The number of sulfone groups is 1. The first kappa shape index (κ1) is 12.7. The lowest BCUT2D eigenvalue weighted by Crippen LogP contribution is -2.29. The van der Waals surface area contributed by atoms with Crippen molar-refractivity contribution < 1.29 is 8.42 Å². The van der Waals surface area contributed by atoms with Crippen LogP contribution in [0.4, 0.5) is 0 Å². The van der Waals surface area contributed by atoms with E-state index in [0.29, 0.717) is 5.56 Å². The highest BCUT2D eigenvalue weighted by molar-refractivity contribution is 7.91. The molecule has 0 aliphatic heterocycles. The van der Waals surface area contributed by atoms with Crippen molar-refractivity contribution in [1.82, 2.24) is 4.98 Å². The van der Waals surface area contributed by atoms with E-state index in [2.05, 4.69) is 4.98 Å². The Morgan fingerprint density at radius 2 is 2.06 bits per heavy atom. The van der Waals surface area contributed by atoms with Crippen LogP contribution in [0.25, 0.3) is 0 Å². The molecule has 86 valence electrons. The molecule has 0 aromatic carbocycles. The molecule has 0 radical (unpaired) electrons. The summed E-state index contributed by atoms with van der Waals surface area (Å²) in [6.45, 7) is 4.93. The molecule has 0 N–H and O–H groups in total. The monoisotopic (exact) mass is 238 g/mol. The average Bonchev–Trinajstić information content (AvgIpc) is 2.16. The summed E-state index contributed by atoms with van der Waals surface area (Å²) in [4.78, 5) is 3.84. The number of nitriles is 1. The third kappa shape index (κ3) is 2.58. The van der Waals surface area contributed by atoms with Crippen LogP contribution in [-0.4, -0.2) is 18.1 Å². The molecular formula is C11H14N2O2S. The van der Waals surface area contributed by atoms with Crippen molar-refractivity contribution >= 4 is 9.84 Å². The molecule has 1 heterocycles. The molecule has 0 amide bonds. The zero-order valence-corrected chi connectivity index (χ0v) is 10.4. The van der Waals surface area contributed by atoms with Crippen LogP contribution in [0.5, 0.6) is 0 Å². The molecule has 0 aliphatic rings. The highest BCUT2D eigenvalue weighted by atomic mass is 32.2. The van der Waals surface area contributed by atoms with Crippen LogP contribution >= 0.6 is 0 Å². The maximum atomic E-state index is 12.0. The normalized spacial score (nSPS) is 12.1. The Morgan fingerprint density at radius 3 is 2.56 bits per heavy atom. The summed E-state index contributed by atoms with van der Waals surface area (Å²) in [5.41, 5.74) is 0.634. The van der Waals surface area contributed by atoms with E-state index >= 15 is 0 Å². The molecule has 0 aliphatic carbocycles. The molecule has 0 bridgehead atoms. The van der Waals surface area contributed by atoms with Gasteiger partial charge in [-0.25, -0.2) is 13.4 Å². The minimum absolute atomic E-state index is 0.146. The maximum Gasteiger partial charge on any atom is 0.159 e. The third-order valence-electron chi connectivity index (χ3n) is 2.28. The van der Waals surface area contributed by atoms with Crippen molar-refractivity contribution in [3.63, 3.8) is 0 Å². The van der Waals surface area contributed by atoms with E-state index in [1.165, 1.54) is 6.20 Å². The first-order valence-corrected chi connectivity index (χ1v) is 6.49. The van der Waals surface area contributed by atoms with Gasteiger partial charge >= 0.3 is 0 Å². The van der Waals surface area contributed by atoms with Gasteiger partial charge in [-0.1, -0.05) is 6.07 Å². The van der Waals surface area contributed by atoms with Crippen molar-refractivity contribution in [2.45, 2.75) is 31.3 Å². The summed E-state index contributed by atoms with van der Waals surface area (Å²) >= 11 is 0. The molecule has 1 aromatic heterocycles. The summed E-state index contributed by atoms with van der Waals surface area (Å²) in [6, 6.07) is 5.15. The van der Waals surface area contributed by atoms with Crippen LogP contribution in [0.1, 0.15) is 32.0 Å². The van der Waals surface area contributed by atoms with Gasteiger partial charge in [0.2, 0.25) is 0 Å². The van der Waals surface area contributed by atoms with E-state index < -0.39 is 14.6 Å². The smallest absolute Gasteiger partial charge is 0.159 e. The van der Waals surface area contributed by atoms with Crippen LogP contribution in [0.15, 0.2) is 18.3 Å². The van der Waals surface area contributed by atoms with Crippen molar-refractivity contribution in [3.8, 4) is 6.07 Å². The van der Waals surface area contributed by atoms with Gasteiger partial charge in [0.15, 0.2) is 9.84 Å². The van der Waals surface area contributed by atoms with Crippen molar-refractivity contribution in [1.29, 1.82) is 5.26 Å². The second-order valence-electron chi connectivity index (χ2n) is 4.49. The summed E-state index contributed by atoms with van der Waals surface area (Å²) in [6.07, 6.45) is 1.48. The van der Waals surface area contributed by atoms with E-state index in [1.54, 1.807) is 32.9 Å². The van der Waals surface area contributed by atoms with Gasteiger partial charge in [0.05, 0.1) is 10.5 Å². The molecule has 0 fully saturated rings. The molecule has 0 saturated carbocycles. The Morgan fingerprint density at radius 1 is 1.44 bits per heavy atom. The fraction of sp³-hybridized carbons (Fsp3) is 0.455. The Bertz CT molecular complexity index is 522. The zero-order chi connectivity index (χ0) is 12.4. The molecule has 0 saturated heterocycles. The molecule has 5 heteroatoms. The third-order valence-corrected chi connectivity index (χ3v) is 4.83. The van der Waals surface area contributed by atoms with Crippen molar-refractivity contribution in [2.24, 2.45) is 0 Å². The van der Waals surface area contributed by atoms with Gasteiger partial charge in [0, 0.05) is 11.8 Å². The van der Waals surface area contributed by atoms with E-state index in [-0.39, 0.29) is 11.4 Å². The minimum Gasteiger partial charge on any atom is -0.245 e. The standard InChI is InChI=1S/C11H14N2O2S/c1-11(2,3)16(14,15)8-9-5-4-6-13-10(9)7-12/h4-6H,8H2,1-3H3. The lowest BCUT2D eigenvalue weighted by atomic mass is 10.2. The van der Waals surface area contributed by atoms with Crippen molar-refractivity contribution in [2.75, 3.05) is 0 Å². The Kier molecular flexibility index (Phi) is 3.34. The second-order valence-corrected chi connectivity index (χ2v) is 7.24. The van der Waals surface area contributed by atoms with Gasteiger partial charge < -0.3 is 0 Å². The quantitative estimate of drug-likeness (QED) is 0.785. The Balaban J connectivity index is 3.13. The number of pyridine rings is 1. The highest BCUT2D eigenvalue weighted by Gasteiger charge is 2.29. The Labute approximate surface area is 95.9 Å². The van der Waals surface area contributed by atoms with Crippen LogP contribution in [0.3, 0.4) is 0 Å². The van der Waals surface area contributed by atoms with Gasteiger partial charge in [-0.2, -0.15) is 5.26 Å². The fourth-order valence-corrected chi connectivity index (χ4v) is 2.15. The first-order valence-electron chi connectivity index (χ1n) is 4.84. The average molecular weight is 238 g/mol. The molecule has 0 atom stereocenters. The van der Waals surface area contributed by atoms with Gasteiger partial charge in [0.1, 0.15) is 11.8 Å². The van der Waals surface area contributed by atoms with E-state index in [4.69, 9.17) is 5.26 Å². The lowest BCUT2D eigenvalue weighted by Gasteiger charge is -2.19. The van der Waals surface area contributed by atoms with Crippen LogP contribution in [0.2, 0.25) is 0 Å². The zero-order valence-electron chi connectivity index (χ0n) is 9.56. The molecule has 0 unspecified atom stereocenters. The molecule has 1 aromatic rings. The number of nitrogens with zero attached hydrogens (tertiary/aromatic N) is 2. The molecular weight excluding hydrogens is 224 g/mol. The summed E-state index contributed by atoms with van der Waals surface area (Å²) in [7, 11) is -3.27. The molecule has 0 spiro atoms. The lowest BCUT2D eigenvalue weighted by molar-refractivity contribution is 0.559. The van der Waals surface area contributed by atoms with Gasteiger partial charge in [-0.05, 0) is 26.8 Å². The van der Waals surface area contributed by atoms with Crippen LogP contribution in [0, 0.1) is 11.3 Å². The summed E-state index contributed by atoms with van der Waals surface area (Å²) in [5.74, 6) is -0.146. The number of rotatable bonds is 2. The number of hydrogen-bond donors (Lipinski definition) is 0. The van der Waals surface area contributed by atoms with E-state index in [1.807, 2.05) is 6.07 Å². The Hall–Kier alpha value is -1.41. The maximum absolute atomic E-state index is 12.0. The van der Waals surface area contributed by atoms with Gasteiger partial charge in [0.25, 0.3) is 0 Å². The summed E-state index contributed by atoms with van der Waals surface area (Å²) in [5, 5.41) is 8.81. The number of hydrogen-bond acceptors (Lipinski definition) is 4. The fourth-order valence-electron chi connectivity index (χ4n) is 1.08. The summed E-state index contributed by atoms with van der Waals surface area (Å²) < 4.78 is 23.1. The molecule has 1 rings (SSSR count). The van der Waals surface area contributed by atoms with Crippen LogP contribution in [-0.2, 0) is 15.6 Å². The largest absolute Gasteiger partial charge is 0.245 e. The van der Waals surface area contributed by atoms with E-state index in [9.17, 15) is 8.42 Å². The highest BCUT2D eigenvalue weighted by Crippen LogP contribution is 2.21. The molecule has 16 heavy (non-hydrogen) atoms. The topological polar surface area (TPSA) is 70.8 Å². The van der Waals surface area contributed by atoms with Gasteiger partial charge in [-0.3, -0.25) is 0 Å². The van der Waals surface area contributed by atoms with Gasteiger partial charge in [-0.15, -0.1) is 0 Å². The first-order chi connectivity index (χ1) is 7.28. The SMILES string of the molecule is CC(C)(C)S(=O)(=O)Cc1cccnc1C#N. The van der Waals surface area contributed by atoms with Crippen LogP contribution < -0.4 is 0 Å². The van der Waals surface area contributed by atoms with Crippen molar-refractivity contribution in [3.05, 3.63) is 29.6 Å². The second kappa shape index (κ2) is 4.22. The minimum atomic E-state index is -3.27.